The fourth-order valence-electron chi connectivity index (χ4n) is 3.85. The summed E-state index contributed by atoms with van der Waals surface area (Å²) in [5.41, 5.74) is 5.04. The van der Waals surface area contributed by atoms with E-state index in [2.05, 4.69) is 60.0 Å². The molecule has 0 spiro atoms. The maximum Gasteiger partial charge on any atom is 0.181 e. The van der Waals surface area contributed by atoms with Crippen molar-refractivity contribution in [2.45, 2.75) is 23.8 Å². The van der Waals surface area contributed by atoms with Gasteiger partial charge in [0.1, 0.15) is 5.82 Å². The first-order chi connectivity index (χ1) is 14.2. The Morgan fingerprint density at radius 3 is 2.66 bits per heavy atom. The molecule has 0 amide bonds. The Morgan fingerprint density at radius 1 is 1.00 bits per heavy atom. The molecule has 1 saturated heterocycles. The Hall–Kier alpha value is -1.97. The van der Waals surface area contributed by atoms with Crippen LogP contribution in [0, 0.1) is 0 Å². The first-order valence-electron chi connectivity index (χ1n) is 9.68. The minimum absolute atomic E-state index is 0.720. The molecule has 8 heteroatoms. The van der Waals surface area contributed by atoms with Crippen LogP contribution in [0.2, 0.25) is 5.02 Å². The summed E-state index contributed by atoms with van der Waals surface area (Å²) >= 11 is 8.62. The van der Waals surface area contributed by atoms with Crippen molar-refractivity contribution in [1.82, 2.24) is 30.3 Å². The number of alkyl halides is 1. The van der Waals surface area contributed by atoms with Crippen LogP contribution in [0.4, 0.5) is 0 Å². The highest BCUT2D eigenvalue weighted by atomic mass is 127. The minimum atomic E-state index is 0.720. The monoisotopic (exact) mass is 518 g/mol. The molecule has 0 radical (unpaired) electrons. The first-order valence-corrected chi connectivity index (χ1v) is 11.6. The van der Waals surface area contributed by atoms with E-state index in [-0.39, 0.29) is 0 Å². The van der Waals surface area contributed by atoms with Crippen LogP contribution in [0.15, 0.2) is 36.4 Å². The van der Waals surface area contributed by atoms with Crippen molar-refractivity contribution in [1.29, 1.82) is 0 Å². The van der Waals surface area contributed by atoms with E-state index in [4.69, 9.17) is 16.6 Å². The van der Waals surface area contributed by atoms with Crippen LogP contribution in [-0.2, 0) is 11.0 Å². The number of hydrogen-bond donors (Lipinski definition) is 2. The minimum Gasteiger partial charge on any atom is -0.296 e. The molecule has 0 unspecified atom stereocenters. The van der Waals surface area contributed by atoms with Crippen LogP contribution in [0.25, 0.3) is 33.5 Å². The average Bonchev–Trinajstić information content (AvgIpc) is 3.49. The van der Waals surface area contributed by atoms with Gasteiger partial charge in [-0.1, -0.05) is 40.3 Å². The summed E-state index contributed by atoms with van der Waals surface area (Å²) in [6.07, 6.45) is 2.54. The molecule has 0 atom stereocenters. The van der Waals surface area contributed by atoms with Crippen molar-refractivity contribution in [2.24, 2.45) is 0 Å². The Labute approximate surface area is 187 Å². The van der Waals surface area contributed by atoms with Gasteiger partial charge in [-0.25, -0.2) is 4.98 Å². The number of likely N-dealkylation sites (tertiary alicyclic amines) is 1. The molecule has 29 heavy (non-hydrogen) atoms. The van der Waals surface area contributed by atoms with Gasteiger partial charge in [-0.15, -0.1) is 0 Å². The molecular formula is C21H20ClIN6. The van der Waals surface area contributed by atoms with Gasteiger partial charge in [-0.3, -0.25) is 15.1 Å². The molecule has 2 N–H and O–H groups in total. The number of rotatable bonds is 5. The summed E-state index contributed by atoms with van der Waals surface area (Å²) in [6.45, 7) is 3.11. The third kappa shape index (κ3) is 3.78. The predicted octanol–water partition coefficient (Wildman–Crippen LogP) is 5.20. The molecule has 4 aromatic rings. The van der Waals surface area contributed by atoms with Gasteiger partial charge in [0.05, 0.1) is 17.8 Å². The smallest absolute Gasteiger partial charge is 0.181 e. The molecular weight excluding hydrogens is 499 g/mol. The number of aromatic nitrogens is 5. The van der Waals surface area contributed by atoms with E-state index < -0.39 is 0 Å². The lowest BCUT2D eigenvalue weighted by Crippen LogP contribution is -2.19. The van der Waals surface area contributed by atoms with Crippen LogP contribution in [-0.4, -0.2) is 43.4 Å². The Kier molecular flexibility index (Phi) is 5.28. The molecule has 6 nitrogen and oxygen atoms in total. The molecule has 0 bridgehead atoms. The largest absolute Gasteiger partial charge is 0.296 e. The van der Waals surface area contributed by atoms with Gasteiger partial charge in [0.15, 0.2) is 5.82 Å². The van der Waals surface area contributed by atoms with Gasteiger partial charge in [0, 0.05) is 26.0 Å². The average molecular weight is 519 g/mol. The standard InChI is InChI=1S/C21H20ClIN6/c22-17-5-3-13(9-15(17)11-23)20-16-10-14(4-6-18(16)25-27-20)21-24-19(26-28-21)12-29-7-1-2-8-29/h3-6,9-10H,1-2,7-8,11-12H2,(H,25,27)(H,24,26,28). The zero-order valence-corrected chi connectivity index (χ0v) is 18.7. The van der Waals surface area contributed by atoms with Gasteiger partial charge >= 0.3 is 0 Å². The van der Waals surface area contributed by atoms with E-state index in [1.807, 2.05) is 24.3 Å². The number of nitrogens with one attached hydrogen (secondary N) is 2. The lowest BCUT2D eigenvalue weighted by molar-refractivity contribution is 0.323. The van der Waals surface area contributed by atoms with E-state index in [1.54, 1.807) is 0 Å². The van der Waals surface area contributed by atoms with E-state index >= 15 is 0 Å². The Bertz CT molecular complexity index is 1160. The van der Waals surface area contributed by atoms with Crippen molar-refractivity contribution in [3.8, 4) is 22.6 Å². The predicted molar refractivity (Wildman–Crippen MR) is 124 cm³/mol. The van der Waals surface area contributed by atoms with Crippen LogP contribution in [0.3, 0.4) is 0 Å². The molecule has 0 saturated carbocycles. The molecule has 1 aliphatic rings. The van der Waals surface area contributed by atoms with Crippen molar-refractivity contribution >= 4 is 45.1 Å². The maximum atomic E-state index is 6.29. The number of benzene rings is 2. The molecule has 1 aliphatic heterocycles. The van der Waals surface area contributed by atoms with Crippen molar-refractivity contribution in [3.63, 3.8) is 0 Å². The van der Waals surface area contributed by atoms with Crippen LogP contribution >= 0.6 is 34.2 Å². The van der Waals surface area contributed by atoms with Crippen LogP contribution in [0.5, 0.6) is 0 Å². The summed E-state index contributed by atoms with van der Waals surface area (Å²) in [5.74, 6) is 1.64. The third-order valence-corrected chi connectivity index (χ3v) is 6.58. The number of halogens is 2. The van der Waals surface area contributed by atoms with Crippen molar-refractivity contribution in [2.75, 3.05) is 13.1 Å². The number of hydrogen-bond acceptors (Lipinski definition) is 4. The Morgan fingerprint density at radius 2 is 1.83 bits per heavy atom. The SMILES string of the molecule is Clc1ccc(-c2n[nH]c3ccc(-c4n[nH]c(CN5CCCC5)n4)cc23)cc1CI. The fourth-order valence-corrected chi connectivity index (χ4v) is 4.89. The fraction of sp³-hybridized carbons (Fsp3) is 0.286. The lowest BCUT2D eigenvalue weighted by atomic mass is 10.0. The number of H-pyrrole nitrogens is 2. The van der Waals surface area contributed by atoms with Gasteiger partial charge in [0.2, 0.25) is 0 Å². The molecule has 3 heterocycles. The number of aromatic amines is 2. The Balaban J connectivity index is 1.49. The van der Waals surface area contributed by atoms with Crippen LogP contribution < -0.4 is 0 Å². The molecule has 1 fully saturated rings. The number of nitrogens with zero attached hydrogens (tertiary/aromatic N) is 4. The maximum absolute atomic E-state index is 6.29. The van der Waals surface area contributed by atoms with E-state index in [0.29, 0.717) is 0 Å². The van der Waals surface area contributed by atoms with Crippen LogP contribution in [0.1, 0.15) is 24.2 Å². The highest BCUT2D eigenvalue weighted by molar-refractivity contribution is 14.1. The summed E-state index contributed by atoms with van der Waals surface area (Å²) in [6, 6.07) is 12.2. The molecule has 2 aromatic carbocycles. The van der Waals surface area contributed by atoms with Gasteiger partial charge in [-0.2, -0.15) is 10.2 Å². The van der Waals surface area contributed by atoms with E-state index in [1.165, 1.54) is 12.8 Å². The van der Waals surface area contributed by atoms with E-state index in [9.17, 15) is 0 Å². The highest BCUT2D eigenvalue weighted by Crippen LogP contribution is 2.32. The quantitative estimate of drug-likeness (QED) is 0.281. The molecule has 148 valence electrons. The van der Waals surface area contributed by atoms with Gasteiger partial charge in [0.25, 0.3) is 0 Å². The third-order valence-electron chi connectivity index (χ3n) is 5.39. The zero-order chi connectivity index (χ0) is 19.8. The second-order valence-corrected chi connectivity index (χ2v) is 8.53. The summed E-state index contributed by atoms with van der Waals surface area (Å²) < 4.78 is 0.856. The normalized spacial score (nSPS) is 14.8. The highest BCUT2D eigenvalue weighted by Gasteiger charge is 2.16. The van der Waals surface area contributed by atoms with Crippen molar-refractivity contribution < 1.29 is 0 Å². The van der Waals surface area contributed by atoms with E-state index in [0.717, 1.165) is 74.0 Å². The zero-order valence-electron chi connectivity index (χ0n) is 15.8. The first kappa shape index (κ1) is 19.0. The molecule has 0 aliphatic carbocycles. The summed E-state index contributed by atoms with van der Waals surface area (Å²) in [5, 5.41) is 17.1. The molecule has 5 rings (SSSR count). The van der Waals surface area contributed by atoms with Gasteiger partial charge < -0.3 is 0 Å². The second-order valence-electron chi connectivity index (χ2n) is 7.36. The second kappa shape index (κ2) is 8.04. The summed E-state index contributed by atoms with van der Waals surface area (Å²) in [7, 11) is 0. The summed E-state index contributed by atoms with van der Waals surface area (Å²) in [4.78, 5) is 7.13. The topological polar surface area (TPSA) is 73.5 Å². The lowest BCUT2D eigenvalue weighted by Gasteiger charge is -2.11. The van der Waals surface area contributed by atoms with Crippen molar-refractivity contribution in [3.05, 3.63) is 52.8 Å². The number of fused-ring (bicyclic) bond motifs is 1. The molecule has 2 aromatic heterocycles. The van der Waals surface area contributed by atoms with Gasteiger partial charge in [-0.05, 0) is 61.8 Å².